The number of likely N-dealkylation sites (tertiary alicyclic amines) is 1. The second-order valence-electron chi connectivity index (χ2n) is 4.28. The molecule has 5 heteroatoms. The lowest BCUT2D eigenvalue weighted by Gasteiger charge is -2.16. The largest absolute Gasteiger partial charge is 0.360 e. The van der Waals surface area contributed by atoms with Gasteiger partial charge in [0.05, 0.1) is 11.0 Å². The lowest BCUT2D eigenvalue weighted by Crippen LogP contribution is -2.33. The number of anilines is 1. The number of aromatic nitrogens is 1. The van der Waals surface area contributed by atoms with Gasteiger partial charge >= 0.3 is 0 Å². The van der Waals surface area contributed by atoms with Gasteiger partial charge in [-0.15, -0.1) is 0 Å². The quantitative estimate of drug-likeness (QED) is 0.930. The van der Waals surface area contributed by atoms with Crippen LogP contribution >= 0.6 is 15.9 Å². The van der Waals surface area contributed by atoms with Crippen LogP contribution in [-0.4, -0.2) is 35.4 Å². The Morgan fingerprint density at radius 2 is 2.24 bits per heavy atom. The van der Waals surface area contributed by atoms with Gasteiger partial charge < -0.3 is 10.2 Å². The fourth-order valence-corrected chi connectivity index (χ4v) is 2.50. The fraction of sp³-hybridized carbons (Fsp3) is 0.500. The normalized spacial score (nSPS) is 15.1. The number of aryl methyl sites for hydroxylation is 1. The van der Waals surface area contributed by atoms with Crippen molar-refractivity contribution in [2.24, 2.45) is 0 Å². The highest BCUT2D eigenvalue weighted by atomic mass is 79.9. The summed E-state index contributed by atoms with van der Waals surface area (Å²) in [5, 5.41) is 3.07. The molecule has 4 nitrogen and oxygen atoms in total. The molecule has 0 aliphatic carbocycles. The van der Waals surface area contributed by atoms with Gasteiger partial charge in [-0.05, 0) is 47.3 Å². The zero-order chi connectivity index (χ0) is 12.3. The number of hydrogen-bond donors (Lipinski definition) is 1. The Hall–Kier alpha value is -1.10. The second kappa shape index (κ2) is 5.49. The molecule has 92 valence electrons. The van der Waals surface area contributed by atoms with Crippen LogP contribution in [0.5, 0.6) is 0 Å². The molecule has 1 aromatic rings. The number of carbonyl (C=O) groups excluding carboxylic acids is 1. The van der Waals surface area contributed by atoms with E-state index in [-0.39, 0.29) is 5.91 Å². The first-order chi connectivity index (χ1) is 8.16. The third-order valence-electron chi connectivity index (χ3n) is 2.84. The highest BCUT2D eigenvalue weighted by Gasteiger charge is 2.17. The summed E-state index contributed by atoms with van der Waals surface area (Å²) in [6.45, 7) is 4.08. The minimum absolute atomic E-state index is 0.150. The Labute approximate surface area is 110 Å². The summed E-state index contributed by atoms with van der Waals surface area (Å²) in [4.78, 5) is 18.0. The Morgan fingerprint density at radius 3 is 2.88 bits per heavy atom. The Bertz CT molecular complexity index is 416. The van der Waals surface area contributed by atoms with Crippen LogP contribution in [0, 0.1) is 6.92 Å². The molecule has 1 aliphatic heterocycles. The molecule has 0 aromatic carbocycles. The number of amides is 1. The van der Waals surface area contributed by atoms with Crippen molar-refractivity contribution in [3.63, 3.8) is 0 Å². The molecule has 0 bridgehead atoms. The molecule has 1 N–H and O–H groups in total. The highest BCUT2D eigenvalue weighted by molar-refractivity contribution is 9.10. The van der Waals surface area contributed by atoms with E-state index in [1.807, 2.05) is 17.9 Å². The molecule has 1 aliphatic rings. The van der Waals surface area contributed by atoms with Crippen molar-refractivity contribution in [1.82, 2.24) is 9.88 Å². The van der Waals surface area contributed by atoms with E-state index in [9.17, 15) is 4.79 Å². The monoisotopic (exact) mass is 297 g/mol. The molecular formula is C12H16BrN3O. The number of rotatable bonds is 3. The van der Waals surface area contributed by atoms with E-state index in [0.29, 0.717) is 6.54 Å². The summed E-state index contributed by atoms with van der Waals surface area (Å²) in [5.41, 5.74) is 1.09. The maximum atomic E-state index is 11.8. The first-order valence-corrected chi connectivity index (χ1v) is 6.60. The van der Waals surface area contributed by atoms with Gasteiger partial charge in [-0.25, -0.2) is 4.98 Å². The third-order valence-corrected chi connectivity index (χ3v) is 3.45. The molecule has 0 saturated carbocycles. The van der Waals surface area contributed by atoms with E-state index in [0.717, 1.165) is 41.8 Å². The van der Waals surface area contributed by atoms with Crippen molar-refractivity contribution in [3.05, 3.63) is 22.3 Å². The van der Waals surface area contributed by atoms with Gasteiger partial charge in [0.2, 0.25) is 5.91 Å². The Morgan fingerprint density at radius 1 is 1.53 bits per heavy atom. The van der Waals surface area contributed by atoms with Crippen molar-refractivity contribution < 1.29 is 4.79 Å². The lowest BCUT2D eigenvalue weighted by molar-refractivity contribution is -0.128. The molecule has 0 radical (unpaired) electrons. The van der Waals surface area contributed by atoms with E-state index in [4.69, 9.17) is 0 Å². The van der Waals surface area contributed by atoms with E-state index in [1.54, 1.807) is 6.20 Å². The third kappa shape index (κ3) is 3.19. The van der Waals surface area contributed by atoms with Crippen LogP contribution in [-0.2, 0) is 4.79 Å². The maximum absolute atomic E-state index is 11.8. The molecular weight excluding hydrogens is 282 g/mol. The summed E-state index contributed by atoms with van der Waals surface area (Å²) in [5.74, 6) is 0.875. The number of pyridine rings is 1. The summed E-state index contributed by atoms with van der Waals surface area (Å²) in [6, 6.07) is 1.98. The van der Waals surface area contributed by atoms with E-state index >= 15 is 0 Å². The molecule has 1 aromatic heterocycles. The summed E-state index contributed by atoms with van der Waals surface area (Å²) in [6.07, 6.45) is 4.03. The predicted octanol–water partition coefficient (Wildman–Crippen LogP) is 2.19. The van der Waals surface area contributed by atoms with Crippen LogP contribution < -0.4 is 5.32 Å². The molecule has 2 heterocycles. The average molecular weight is 298 g/mol. The van der Waals surface area contributed by atoms with Crippen molar-refractivity contribution in [3.8, 4) is 0 Å². The van der Waals surface area contributed by atoms with Crippen LogP contribution in [0.15, 0.2) is 16.7 Å². The van der Waals surface area contributed by atoms with Crippen LogP contribution in [0.2, 0.25) is 0 Å². The van der Waals surface area contributed by atoms with Crippen molar-refractivity contribution in [2.45, 2.75) is 19.8 Å². The van der Waals surface area contributed by atoms with Crippen molar-refractivity contribution in [2.75, 3.05) is 25.0 Å². The fourth-order valence-electron chi connectivity index (χ4n) is 1.90. The average Bonchev–Trinajstić information content (AvgIpc) is 2.81. The zero-order valence-corrected chi connectivity index (χ0v) is 11.5. The van der Waals surface area contributed by atoms with Crippen LogP contribution in [0.4, 0.5) is 5.82 Å². The number of hydrogen-bond acceptors (Lipinski definition) is 3. The first-order valence-electron chi connectivity index (χ1n) is 5.80. The van der Waals surface area contributed by atoms with Crippen molar-refractivity contribution >= 4 is 27.7 Å². The van der Waals surface area contributed by atoms with E-state index in [1.165, 1.54) is 0 Å². The minimum Gasteiger partial charge on any atom is -0.360 e. The Balaban J connectivity index is 1.90. The van der Waals surface area contributed by atoms with Crippen LogP contribution in [0.3, 0.4) is 0 Å². The maximum Gasteiger partial charge on any atom is 0.241 e. The molecule has 2 rings (SSSR count). The summed E-state index contributed by atoms with van der Waals surface area (Å²) in [7, 11) is 0. The molecule has 0 unspecified atom stereocenters. The number of carbonyl (C=O) groups is 1. The van der Waals surface area contributed by atoms with E-state index < -0.39 is 0 Å². The van der Waals surface area contributed by atoms with Gasteiger partial charge in [-0.3, -0.25) is 4.79 Å². The predicted molar refractivity (Wildman–Crippen MR) is 71.0 cm³/mol. The molecule has 0 atom stereocenters. The first kappa shape index (κ1) is 12.4. The number of nitrogens with one attached hydrogen (secondary N) is 1. The van der Waals surface area contributed by atoms with Gasteiger partial charge in [0.1, 0.15) is 5.82 Å². The van der Waals surface area contributed by atoms with Gasteiger partial charge in [0.15, 0.2) is 0 Å². The SMILES string of the molecule is Cc1cnc(NCC(=O)N2CCCC2)c(Br)c1. The molecule has 1 fully saturated rings. The van der Waals surface area contributed by atoms with Gasteiger partial charge in [0, 0.05) is 19.3 Å². The van der Waals surface area contributed by atoms with Crippen molar-refractivity contribution in [1.29, 1.82) is 0 Å². The molecule has 17 heavy (non-hydrogen) atoms. The van der Waals surface area contributed by atoms with Gasteiger partial charge in [-0.2, -0.15) is 0 Å². The van der Waals surface area contributed by atoms with Crippen LogP contribution in [0.25, 0.3) is 0 Å². The molecule has 0 spiro atoms. The topological polar surface area (TPSA) is 45.2 Å². The summed E-state index contributed by atoms with van der Waals surface area (Å²) < 4.78 is 0.895. The van der Waals surface area contributed by atoms with Gasteiger partial charge in [0.25, 0.3) is 0 Å². The number of nitrogens with zero attached hydrogens (tertiary/aromatic N) is 2. The van der Waals surface area contributed by atoms with Gasteiger partial charge in [-0.1, -0.05) is 0 Å². The van der Waals surface area contributed by atoms with E-state index in [2.05, 4.69) is 26.2 Å². The number of halogens is 1. The van der Waals surface area contributed by atoms with Crippen LogP contribution in [0.1, 0.15) is 18.4 Å². The second-order valence-corrected chi connectivity index (χ2v) is 5.14. The minimum atomic E-state index is 0.150. The smallest absolute Gasteiger partial charge is 0.241 e. The summed E-state index contributed by atoms with van der Waals surface area (Å²) >= 11 is 3.43. The lowest BCUT2D eigenvalue weighted by atomic mass is 10.3. The molecule has 1 saturated heterocycles. The Kier molecular flexibility index (Phi) is 3.99. The molecule has 1 amide bonds. The zero-order valence-electron chi connectivity index (χ0n) is 9.87. The standard InChI is InChI=1S/C12H16BrN3O/c1-9-6-10(13)12(14-7-9)15-8-11(17)16-4-2-3-5-16/h6-7H,2-5,8H2,1H3,(H,14,15). The highest BCUT2D eigenvalue weighted by Crippen LogP contribution is 2.20.